The van der Waals surface area contributed by atoms with Crippen molar-refractivity contribution >= 4 is 68.4 Å². The first-order valence-electron chi connectivity index (χ1n) is 24.8. The Labute approximate surface area is 395 Å². The average molecular weight is 869 g/mol. The molecule has 0 atom stereocenters. The molecule has 0 saturated heterocycles. The van der Waals surface area contributed by atoms with Gasteiger partial charge in [0.1, 0.15) is 5.58 Å². The topological polar surface area (TPSA) is 19.6 Å². The number of benzene rings is 6. The van der Waals surface area contributed by atoms with Crippen LogP contribution in [-0.2, 0) is 32.5 Å². The molecule has 7 aromatic rings. The third-order valence-electron chi connectivity index (χ3n) is 16.7. The van der Waals surface area contributed by atoms with Crippen LogP contribution in [0, 0.1) is 0 Å². The molecule has 2 aliphatic carbocycles. The van der Waals surface area contributed by atoms with Crippen LogP contribution in [0.15, 0.2) is 120 Å². The first kappa shape index (κ1) is 43.1. The maximum absolute atomic E-state index is 7.45. The smallest absolute Gasteiger partial charge is 0.297 e. The summed E-state index contributed by atoms with van der Waals surface area (Å²) in [6, 6.07) is 45.0. The number of nitrogens with zero attached hydrogens (tertiary/aromatic N) is 2. The van der Waals surface area contributed by atoms with Crippen LogP contribution in [0.1, 0.15) is 156 Å². The van der Waals surface area contributed by atoms with Crippen LogP contribution in [0.4, 0.5) is 34.1 Å². The fraction of sp³-hybridized carbons (Fsp3) is 0.387. The van der Waals surface area contributed by atoms with Gasteiger partial charge in [-0.05, 0) is 168 Å². The van der Waals surface area contributed by atoms with Gasteiger partial charge in [-0.2, -0.15) is 0 Å². The minimum absolute atomic E-state index is 0.0368. The number of rotatable bonds is 3. The molecule has 0 bridgehead atoms. The molecule has 336 valence electrons. The fourth-order valence-corrected chi connectivity index (χ4v) is 12.2. The lowest BCUT2D eigenvalue weighted by atomic mass is 9.35. The van der Waals surface area contributed by atoms with Gasteiger partial charge in [-0.25, -0.2) is 0 Å². The summed E-state index contributed by atoms with van der Waals surface area (Å²) >= 11 is 0. The first-order chi connectivity index (χ1) is 30.9. The zero-order valence-electron chi connectivity index (χ0n) is 42.2. The standard InChI is InChI=1S/C62H69BN2O/c1-57(2,3)40-21-27-53-44(33-40)55-56(66-53)63-49-32-39(38-18-16-15-17-19-38)20-26-50(49)64(42-22-24-45-47(36-42)61(11,12)30-28-59(45,7)8)51-34-41(58(4,5)6)35-52(54(51)63)65(55)43-23-25-46-48(37-43)62(13,14)31-29-60(46,9)10/h15-27,32-37H,28-31H2,1-14H3. The predicted octanol–water partition coefficient (Wildman–Crippen LogP) is 15.5. The van der Waals surface area contributed by atoms with Gasteiger partial charge in [0.05, 0.1) is 11.3 Å². The molecule has 0 unspecified atom stereocenters. The molecule has 0 amide bonds. The van der Waals surface area contributed by atoms with E-state index in [-0.39, 0.29) is 39.2 Å². The lowest BCUT2D eigenvalue weighted by molar-refractivity contribution is 0.332. The highest BCUT2D eigenvalue weighted by atomic mass is 16.3. The summed E-state index contributed by atoms with van der Waals surface area (Å²) < 4.78 is 7.45. The molecule has 2 aliphatic heterocycles. The number of fused-ring (bicyclic) bond motifs is 8. The van der Waals surface area contributed by atoms with Crippen molar-refractivity contribution in [3.8, 4) is 11.1 Å². The quantitative estimate of drug-likeness (QED) is 0.165. The molecule has 0 fully saturated rings. The van der Waals surface area contributed by atoms with Gasteiger partial charge < -0.3 is 14.2 Å². The summed E-state index contributed by atoms with van der Waals surface area (Å²) in [5.41, 5.74) is 22.9. The Morgan fingerprint density at radius 2 is 1.00 bits per heavy atom. The highest BCUT2D eigenvalue weighted by molar-refractivity contribution is 7.00. The number of furan rings is 1. The molecule has 4 heteroatoms. The maximum Gasteiger partial charge on any atom is 0.297 e. The lowest BCUT2D eigenvalue weighted by Gasteiger charge is -2.46. The average Bonchev–Trinajstić information content (AvgIpc) is 3.64. The zero-order valence-corrected chi connectivity index (χ0v) is 42.2. The van der Waals surface area contributed by atoms with Crippen molar-refractivity contribution in [2.45, 2.75) is 155 Å². The summed E-state index contributed by atoms with van der Waals surface area (Å²) in [7, 11) is 0. The van der Waals surface area contributed by atoms with Gasteiger partial charge in [0.25, 0.3) is 6.71 Å². The van der Waals surface area contributed by atoms with E-state index >= 15 is 0 Å². The molecule has 4 aliphatic rings. The lowest BCUT2D eigenvalue weighted by Crippen LogP contribution is -2.61. The Balaban J connectivity index is 1.27. The molecular weight excluding hydrogens is 800 g/mol. The van der Waals surface area contributed by atoms with Crippen molar-refractivity contribution in [3.05, 3.63) is 149 Å². The molecule has 0 spiro atoms. The van der Waals surface area contributed by atoms with E-state index in [0.29, 0.717) is 0 Å². The van der Waals surface area contributed by atoms with Crippen molar-refractivity contribution in [3.63, 3.8) is 0 Å². The Bertz CT molecular complexity index is 3130. The van der Waals surface area contributed by atoms with E-state index in [9.17, 15) is 0 Å². The summed E-state index contributed by atoms with van der Waals surface area (Å²) in [6.45, 7) is 33.5. The van der Waals surface area contributed by atoms with Crippen LogP contribution in [0.2, 0.25) is 0 Å². The van der Waals surface area contributed by atoms with Crippen molar-refractivity contribution < 1.29 is 4.42 Å². The SMILES string of the molecule is CC(C)(C)c1cc2c3c(c1)N(c1ccc4c(c1)C(C)(C)CCC4(C)C)c1c(oc4ccc(C(C)(C)C)cc14)B3c1cc(-c3ccccc3)ccc1N2c1ccc2c(c1)C(C)(C)CCC2(C)C. The second-order valence-corrected chi connectivity index (χ2v) is 25.2. The van der Waals surface area contributed by atoms with Gasteiger partial charge in [0.2, 0.25) is 0 Å². The minimum atomic E-state index is -0.142. The zero-order chi connectivity index (χ0) is 46.7. The van der Waals surface area contributed by atoms with E-state index in [1.165, 1.54) is 114 Å². The summed E-state index contributed by atoms with van der Waals surface area (Å²) in [5.74, 6) is 0. The monoisotopic (exact) mass is 869 g/mol. The number of anilines is 6. The van der Waals surface area contributed by atoms with Gasteiger partial charge in [-0.3, -0.25) is 0 Å². The normalized spacial score (nSPS) is 18.6. The molecule has 11 rings (SSSR count). The molecule has 0 radical (unpaired) electrons. The molecule has 1 aromatic heterocycles. The second-order valence-electron chi connectivity index (χ2n) is 25.2. The van der Waals surface area contributed by atoms with Crippen LogP contribution in [0.5, 0.6) is 0 Å². The van der Waals surface area contributed by atoms with E-state index in [4.69, 9.17) is 4.42 Å². The number of hydrogen-bond acceptors (Lipinski definition) is 3. The molecule has 6 aromatic carbocycles. The van der Waals surface area contributed by atoms with E-state index in [1.807, 2.05) is 0 Å². The van der Waals surface area contributed by atoms with Crippen molar-refractivity contribution in [2.75, 3.05) is 9.80 Å². The highest BCUT2D eigenvalue weighted by Gasteiger charge is 2.49. The van der Waals surface area contributed by atoms with Gasteiger partial charge in [0, 0.05) is 33.8 Å². The summed E-state index contributed by atoms with van der Waals surface area (Å²) in [4.78, 5) is 5.24. The molecular formula is C62H69BN2O. The second kappa shape index (κ2) is 14.0. The Morgan fingerprint density at radius 1 is 0.470 bits per heavy atom. The molecule has 3 nitrogen and oxygen atoms in total. The summed E-state index contributed by atoms with van der Waals surface area (Å²) in [6.07, 6.45) is 4.70. The third kappa shape index (κ3) is 6.51. The van der Waals surface area contributed by atoms with E-state index < -0.39 is 0 Å². The van der Waals surface area contributed by atoms with Crippen LogP contribution in [-0.4, -0.2) is 6.71 Å². The van der Waals surface area contributed by atoms with Crippen LogP contribution in [0.3, 0.4) is 0 Å². The molecule has 0 N–H and O–H groups in total. The number of hydrogen-bond donors (Lipinski definition) is 0. The van der Waals surface area contributed by atoms with E-state index in [2.05, 4.69) is 222 Å². The van der Waals surface area contributed by atoms with Crippen molar-refractivity contribution in [1.29, 1.82) is 0 Å². The maximum atomic E-state index is 7.45. The summed E-state index contributed by atoms with van der Waals surface area (Å²) in [5, 5.41) is 1.17. The van der Waals surface area contributed by atoms with Gasteiger partial charge in [0.15, 0.2) is 0 Å². The largest absolute Gasteiger partial charge is 0.468 e. The molecule has 66 heavy (non-hydrogen) atoms. The first-order valence-corrected chi connectivity index (χ1v) is 24.8. The Hall–Kier alpha value is -5.48. The third-order valence-corrected chi connectivity index (χ3v) is 16.7. The molecule has 0 saturated carbocycles. The van der Waals surface area contributed by atoms with Crippen LogP contribution >= 0.6 is 0 Å². The highest BCUT2D eigenvalue weighted by Crippen LogP contribution is 2.53. The fourth-order valence-electron chi connectivity index (χ4n) is 12.2. The Morgan fingerprint density at radius 3 is 1.56 bits per heavy atom. The van der Waals surface area contributed by atoms with Gasteiger partial charge in [-0.1, -0.05) is 158 Å². The van der Waals surface area contributed by atoms with Gasteiger partial charge >= 0.3 is 0 Å². The van der Waals surface area contributed by atoms with Crippen LogP contribution in [0.25, 0.3) is 22.1 Å². The minimum Gasteiger partial charge on any atom is -0.468 e. The van der Waals surface area contributed by atoms with E-state index in [1.54, 1.807) is 0 Å². The Kier molecular flexibility index (Phi) is 9.17. The molecule has 3 heterocycles. The van der Waals surface area contributed by atoms with E-state index in [0.717, 1.165) is 17.7 Å². The van der Waals surface area contributed by atoms with Crippen LogP contribution < -0.4 is 26.4 Å². The predicted molar refractivity (Wildman–Crippen MR) is 284 cm³/mol. The van der Waals surface area contributed by atoms with Crippen molar-refractivity contribution in [2.24, 2.45) is 0 Å². The van der Waals surface area contributed by atoms with Crippen molar-refractivity contribution in [1.82, 2.24) is 0 Å². The van der Waals surface area contributed by atoms with Gasteiger partial charge in [-0.15, -0.1) is 0 Å².